The van der Waals surface area contributed by atoms with Gasteiger partial charge in [-0.1, -0.05) is 81.4 Å². The highest BCUT2D eigenvalue weighted by Crippen LogP contribution is 2.33. The summed E-state index contributed by atoms with van der Waals surface area (Å²) in [4.78, 5) is 47.4. The molecule has 334 valence electrons. The van der Waals surface area contributed by atoms with Gasteiger partial charge in [0.15, 0.2) is 5.82 Å². The first-order chi connectivity index (χ1) is 30.7. The molecule has 6 aromatic rings. The number of aromatic hydroxyl groups is 1. The van der Waals surface area contributed by atoms with E-state index in [1.807, 2.05) is 74.4 Å². The lowest BCUT2D eigenvalue weighted by atomic mass is 9.85. The maximum Gasteiger partial charge on any atom is 0.246 e. The molecule has 7 rings (SSSR count). The van der Waals surface area contributed by atoms with Crippen LogP contribution < -0.4 is 16.4 Å². The predicted molar refractivity (Wildman–Crippen MR) is 246 cm³/mol. The van der Waals surface area contributed by atoms with Gasteiger partial charge in [0, 0.05) is 49.0 Å². The number of aliphatic hydroxyl groups excluding tert-OH is 1. The Bertz CT molecular complexity index is 2570. The van der Waals surface area contributed by atoms with Crippen molar-refractivity contribution in [3.63, 3.8) is 0 Å². The number of carbonyl (C=O) groups excluding carboxylic acids is 3. The second-order valence-corrected chi connectivity index (χ2v) is 18.1. The van der Waals surface area contributed by atoms with Crippen molar-refractivity contribution in [2.75, 3.05) is 25.5 Å². The first-order valence-corrected chi connectivity index (χ1v) is 22.2. The molecule has 6 N–H and O–H groups in total. The van der Waals surface area contributed by atoms with Crippen molar-refractivity contribution in [1.82, 2.24) is 40.5 Å². The minimum Gasteiger partial charge on any atom is -0.507 e. The number of nitrogens with two attached hydrogens (primary N) is 1. The lowest BCUT2D eigenvalue weighted by molar-refractivity contribution is -0.144. The number of ether oxygens (including phenoxy) is 1. The molecular formula is C48H55N9O6S. The number of phenolic OH excluding ortho intramolecular Hbond substituents is 1. The average molecular weight is 886 g/mol. The normalized spacial score (nSPS) is 16.1. The van der Waals surface area contributed by atoms with E-state index in [1.54, 1.807) is 41.8 Å². The Morgan fingerprint density at radius 3 is 2.42 bits per heavy atom. The van der Waals surface area contributed by atoms with Crippen molar-refractivity contribution < 1.29 is 29.3 Å². The van der Waals surface area contributed by atoms with Crippen LogP contribution in [0.2, 0.25) is 0 Å². The third kappa shape index (κ3) is 10.8. The molecule has 1 saturated heterocycles. The molecule has 2 unspecified atom stereocenters. The monoisotopic (exact) mass is 885 g/mol. The Hall–Kier alpha value is -6.49. The fourth-order valence-corrected chi connectivity index (χ4v) is 8.60. The van der Waals surface area contributed by atoms with E-state index in [-0.39, 0.29) is 49.6 Å². The van der Waals surface area contributed by atoms with Crippen LogP contribution in [-0.2, 0) is 32.1 Å². The number of rotatable bonds is 16. The molecule has 1 aliphatic rings. The number of nitrogen functional groups attached to an aromatic ring is 1. The van der Waals surface area contributed by atoms with Crippen LogP contribution in [0.5, 0.6) is 5.75 Å². The van der Waals surface area contributed by atoms with Gasteiger partial charge >= 0.3 is 0 Å². The standard InChI is InChI=1S/C48H55N9O6S/c1-29-43(64-28-51-29)34-18-14-32(15-19-34)23-50-46(61)40-21-36(58)26-56(40)47(62)44(48(3,4)5)53-42(60)27-63-20-8-9-31-12-16-33(17-13-31)30(2)57-25-35(24-52-57)38-22-39(54-55-45(38)49)37-10-6-7-11-41(37)59/h6-7,10-19,22,24-25,28,30,36,40,44,58-59H,8-9,20-21,23,26-27H2,1-5H3,(H2,49,55)(H,50,61)(H,53,60)/t30?,36-,40+,44?/m1/s1. The number of anilines is 1. The van der Waals surface area contributed by atoms with Crippen molar-refractivity contribution in [2.24, 2.45) is 5.41 Å². The lowest BCUT2D eigenvalue weighted by Gasteiger charge is -2.35. The van der Waals surface area contributed by atoms with Gasteiger partial charge in [-0.25, -0.2) is 4.98 Å². The summed E-state index contributed by atoms with van der Waals surface area (Å²) in [6.07, 6.45) is 4.29. The zero-order valence-corrected chi connectivity index (χ0v) is 37.5. The number of likely N-dealkylation sites (tertiary alicyclic amines) is 1. The lowest BCUT2D eigenvalue weighted by Crippen LogP contribution is -2.58. The summed E-state index contributed by atoms with van der Waals surface area (Å²) >= 11 is 1.57. The summed E-state index contributed by atoms with van der Waals surface area (Å²) in [5, 5.41) is 39.6. The van der Waals surface area contributed by atoms with Crippen LogP contribution in [0.25, 0.3) is 32.8 Å². The number of carbonyl (C=O) groups is 3. The molecule has 3 aromatic heterocycles. The molecule has 3 amide bonds. The van der Waals surface area contributed by atoms with E-state index in [2.05, 4.69) is 62.1 Å². The molecule has 4 heterocycles. The van der Waals surface area contributed by atoms with Gasteiger partial charge in [-0.3, -0.25) is 19.1 Å². The molecule has 16 heteroatoms. The van der Waals surface area contributed by atoms with E-state index in [0.717, 1.165) is 44.8 Å². The summed E-state index contributed by atoms with van der Waals surface area (Å²) in [6, 6.07) is 23.0. The van der Waals surface area contributed by atoms with E-state index in [1.165, 1.54) is 4.90 Å². The quantitative estimate of drug-likeness (QED) is 0.0702. The molecule has 4 atom stereocenters. The SMILES string of the molecule is Cc1ncsc1-c1ccc(CNC(=O)[C@@H]2C[C@@H](O)CN2C(=O)C(NC(=O)COCCCc2ccc(C(C)n3cc(-c4cc(-c5ccccc5O)nnc4N)cn3)cc2)C(C)(C)C)cc1. The van der Waals surface area contributed by atoms with Crippen LogP contribution in [0.4, 0.5) is 5.82 Å². The van der Waals surface area contributed by atoms with Gasteiger partial charge in [-0.05, 0) is 72.6 Å². The van der Waals surface area contributed by atoms with Crippen molar-refractivity contribution in [1.29, 1.82) is 0 Å². The van der Waals surface area contributed by atoms with Gasteiger partial charge in [-0.15, -0.1) is 21.5 Å². The predicted octanol–water partition coefficient (Wildman–Crippen LogP) is 6.09. The van der Waals surface area contributed by atoms with Crippen LogP contribution >= 0.6 is 11.3 Å². The van der Waals surface area contributed by atoms with Crippen LogP contribution in [0.3, 0.4) is 0 Å². The maximum absolute atomic E-state index is 14.0. The number of benzene rings is 3. The Morgan fingerprint density at radius 1 is 0.984 bits per heavy atom. The number of aliphatic hydroxyl groups is 1. The molecule has 64 heavy (non-hydrogen) atoms. The molecule has 0 spiro atoms. The molecule has 15 nitrogen and oxygen atoms in total. The summed E-state index contributed by atoms with van der Waals surface area (Å²) in [7, 11) is 0. The van der Waals surface area contributed by atoms with Crippen molar-refractivity contribution in [3.8, 4) is 38.6 Å². The minimum atomic E-state index is -0.949. The topological polar surface area (TPSA) is 211 Å². The number of hydrogen-bond donors (Lipinski definition) is 5. The number of β-amino-alcohol motifs (C(OH)–C–C–N with tert-alkyl or cyclic N) is 1. The number of aryl methyl sites for hydroxylation is 2. The molecule has 0 saturated carbocycles. The van der Waals surface area contributed by atoms with E-state index in [0.29, 0.717) is 29.8 Å². The second-order valence-electron chi connectivity index (χ2n) is 17.3. The molecule has 3 aromatic carbocycles. The fraction of sp³-hybridized carbons (Fsp3) is 0.354. The number of para-hydroxylation sites is 1. The smallest absolute Gasteiger partial charge is 0.246 e. The Labute approximate surface area is 376 Å². The Kier molecular flexibility index (Phi) is 14.2. The van der Waals surface area contributed by atoms with Crippen LogP contribution in [0.1, 0.15) is 69.0 Å². The highest BCUT2D eigenvalue weighted by Gasteiger charge is 2.44. The van der Waals surface area contributed by atoms with E-state index in [9.17, 15) is 24.6 Å². The minimum absolute atomic E-state index is 0.00769. The second kappa shape index (κ2) is 19.9. The van der Waals surface area contributed by atoms with Gasteiger partial charge in [0.05, 0.1) is 40.1 Å². The summed E-state index contributed by atoms with van der Waals surface area (Å²) in [5.41, 5.74) is 14.9. The van der Waals surface area contributed by atoms with Crippen molar-refractivity contribution >= 4 is 34.9 Å². The summed E-state index contributed by atoms with van der Waals surface area (Å²) in [6.45, 7) is 9.93. The van der Waals surface area contributed by atoms with E-state index >= 15 is 0 Å². The van der Waals surface area contributed by atoms with Crippen molar-refractivity contribution in [2.45, 2.75) is 84.7 Å². The number of thiazole rings is 1. The van der Waals surface area contributed by atoms with E-state index < -0.39 is 35.4 Å². The van der Waals surface area contributed by atoms with Crippen LogP contribution in [0, 0.1) is 12.3 Å². The summed E-state index contributed by atoms with van der Waals surface area (Å²) < 4.78 is 7.60. The third-order valence-corrected chi connectivity index (χ3v) is 12.5. The number of phenols is 1. The Balaban J connectivity index is 0.865. The number of amides is 3. The zero-order valence-electron chi connectivity index (χ0n) is 36.7. The zero-order chi connectivity index (χ0) is 45.5. The first-order valence-electron chi connectivity index (χ1n) is 21.3. The van der Waals surface area contributed by atoms with E-state index in [4.69, 9.17) is 10.5 Å². The van der Waals surface area contributed by atoms with Crippen LogP contribution in [0.15, 0.2) is 96.8 Å². The Morgan fingerprint density at radius 2 is 1.72 bits per heavy atom. The maximum atomic E-state index is 14.0. The molecule has 0 radical (unpaired) electrons. The van der Waals surface area contributed by atoms with Gasteiger partial charge in [0.1, 0.15) is 24.4 Å². The average Bonchev–Trinajstić information content (AvgIpc) is 4.05. The van der Waals surface area contributed by atoms with Gasteiger partial charge < -0.3 is 36.2 Å². The largest absolute Gasteiger partial charge is 0.507 e. The molecular weight excluding hydrogens is 831 g/mol. The summed E-state index contributed by atoms with van der Waals surface area (Å²) in [5.74, 6) is -0.866. The number of nitrogens with zero attached hydrogens (tertiary/aromatic N) is 6. The highest BCUT2D eigenvalue weighted by atomic mass is 32.1. The van der Waals surface area contributed by atoms with Crippen molar-refractivity contribution in [3.05, 3.63) is 119 Å². The highest BCUT2D eigenvalue weighted by molar-refractivity contribution is 7.13. The number of nitrogens with one attached hydrogen (secondary N) is 2. The fourth-order valence-electron chi connectivity index (χ4n) is 7.78. The number of aromatic nitrogens is 5. The molecule has 0 bridgehead atoms. The van der Waals surface area contributed by atoms with Gasteiger partial charge in [-0.2, -0.15) is 5.10 Å². The first kappa shape index (κ1) is 45.5. The molecule has 1 fully saturated rings. The molecule has 0 aliphatic carbocycles. The van der Waals surface area contributed by atoms with Gasteiger partial charge in [0.2, 0.25) is 17.7 Å². The van der Waals surface area contributed by atoms with Crippen LogP contribution in [-0.4, -0.2) is 95.7 Å². The number of hydrogen-bond acceptors (Lipinski definition) is 12. The third-order valence-electron chi connectivity index (χ3n) is 11.5. The van der Waals surface area contributed by atoms with Gasteiger partial charge in [0.25, 0.3) is 0 Å². The molecule has 1 aliphatic heterocycles.